The van der Waals surface area contributed by atoms with E-state index < -0.39 is 0 Å². The highest BCUT2D eigenvalue weighted by atomic mass is 16.2. The van der Waals surface area contributed by atoms with Crippen LogP contribution in [0.3, 0.4) is 0 Å². The van der Waals surface area contributed by atoms with Crippen LogP contribution in [0.15, 0.2) is 66.2 Å². The molecule has 0 aromatic heterocycles. The Bertz CT molecular complexity index is 756. The normalized spacial score (nSPS) is 15.6. The van der Waals surface area contributed by atoms with Crippen LogP contribution in [-0.2, 0) is 4.79 Å². The molecule has 2 aromatic rings. The maximum absolute atomic E-state index is 12.4. The molecule has 2 aromatic carbocycles. The number of nitrogens with one attached hydrogen (secondary N) is 1. The second-order valence-corrected chi connectivity index (χ2v) is 5.75. The minimum absolute atomic E-state index is 0.00927. The molecule has 3 rings (SSSR count). The quantitative estimate of drug-likeness (QED) is 0.746. The molecule has 0 aliphatic carbocycles. The van der Waals surface area contributed by atoms with Gasteiger partial charge in [0, 0.05) is 11.3 Å². The van der Waals surface area contributed by atoms with Crippen molar-refractivity contribution in [1.29, 1.82) is 0 Å². The Morgan fingerprint density at radius 2 is 1.78 bits per heavy atom. The van der Waals surface area contributed by atoms with E-state index in [0.717, 1.165) is 47.2 Å². The number of hydrogen-bond acceptors (Lipinski definition) is 1. The largest absolute Gasteiger partial charge is 0.321 e. The molecule has 0 saturated heterocycles. The van der Waals surface area contributed by atoms with Crippen LogP contribution in [0.2, 0.25) is 0 Å². The van der Waals surface area contributed by atoms with E-state index in [9.17, 15) is 4.79 Å². The van der Waals surface area contributed by atoms with Crippen molar-refractivity contribution in [3.05, 3.63) is 77.4 Å². The summed E-state index contributed by atoms with van der Waals surface area (Å²) in [5.74, 6) is 0.00927. The smallest absolute Gasteiger partial charge is 0.256 e. The molecular weight excluding hydrogens is 282 g/mol. The second kappa shape index (κ2) is 7.10. The molecule has 0 unspecified atom stereocenters. The molecule has 2 heteroatoms. The van der Waals surface area contributed by atoms with Crippen molar-refractivity contribution in [3.63, 3.8) is 0 Å². The number of unbranched alkanes of at least 4 members (excludes halogenated alkanes) is 1. The minimum atomic E-state index is 0.00927. The average Bonchev–Trinajstić information content (AvgIpc) is 2.92. The standard InChI is InChI=1S/C21H21NO/c1-2-3-11-17(15-14-16-9-5-4-6-10-16)20-18-12-7-8-13-19(18)22-21(20)23/h4-10,12-15H,2-3,11H2,1H3,(H,22,23)/b15-14+,20-17-. The van der Waals surface area contributed by atoms with Gasteiger partial charge in [0.05, 0.1) is 5.57 Å². The molecule has 1 aliphatic heterocycles. The van der Waals surface area contributed by atoms with Gasteiger partial charge < -0.3 is 5.32 Å². The van der Waals surface area contributed by atoms with E-state index in [1.165, 1.54) is 0 Å². The Balaban J connectivity index is 2.01. The van der Waals surface area contributed by atoms with Gasteiger partial charge in [0.15, 0.2) is 0 Å². The van der Waals surface area contributed by atoms with E-state index in [2.05, 4.69) is 36.5 Å². The van der Waals surface area contributed by atoms with Crippen molar-refractivity contribution in [1.82, 2.24) is 0 Å². The number of rotatable bonds is 5. The summed E-state index contributed by atoms with van der Waals surface area (Å²) in [6.45, 7) is 2.17. The number of para-hydroxylation sites is 1. The maximum atomic E-state index is 12.4. The summed E-state index contributed by atoms with van der Waals surface area (Å²) in [6.07, 6.45) is 7.29. The van der Waals surface area contributed by atoms with Crippen LogP contribution in [0.4, 0.5) is 5.69 Å². The predicted molar refractivity (Wildman–Crippen MR) is 97.0 cm³/mol. The zero-order valence-corrected chi connectivity index (χ0v) is 13.4. The highest BCUT2D eigenvalue weighted by Gasteiger charge is 2.25. The fourth-order valence-electron chi connectivity index (χ4n) is 2.86. The average molecular weight is 303 g/mol. The second-order valence-electron chi connectivity index (χ2n) is 5.75. The SMILES string of the molecule is CCCCC(/C=C/c1ccccc1)=C1/C(=O)Nc2ccccc21. The first-order valence-electron chi connectivity index (χ1n) is 8.16. The summed E-state index contributed by atoms with van der Waals surface area (Å²) < 4.78 is 0. The van der Waals surface area contributed by atoms with Crippen LogP contribution in [0.1, 0.15) is 37.3 Å². The van der Waals surface area contributed by atoms with E-state index in [-0.39, 0.29) is 5.91 Å². The molecule has 0 atom stereocenters. The zero-order chi connectivity index (χ0) is 16.1. The van der Waals surface area contributed by atoms with Crippen molar-refractivity contribution in [2.75, 3.05) is 5.32 Å². The molecular formula is C21H21NO. The van der Waals surface area contributed by atoms with Gasteiger partial charge in [-0.3, -0.25) is 4.79 Å². The highest BCUT2D eigenvalue weighted by Crippen LogP contribution is 2.35. The van der Waals surface area contributed by atoms with Crippen molar-refractivity contribution in [2.24, 2.45) is 0 Å². The number of anilines is 1. The van der Waals surface area contributed by atoms with Crippen molar-refractivity contribution in [3.8, 4) is 0 Å². The summed E-state index contributed by atoms with van der Waals surface area (Å²) in [7, 11) is 0. The lowest BCUT2D eigenvalue weighted by atomic mass is 9.96. The van der Waals surface area contributed by atoms with Crippen LogP contribution in [0.5, 0.6) is 0 Å². The Hall–Kier alpha value is -2.61. The number of fused-ring (bicyclic) bond motifs is 1. The van der Waals surface area contributed by atoms with Gasteiger partial charge >= 0.3 is 0 Å². The first kappa shape index (κ1) is 15.3. The van der Waals surface area contributed by atoms with Gasteiger partial charge in [-0.25, -0.2) is 0 Å². The highest BCUT2D eigenvalue weighted by molar-refractivity contribution is 6.32. The number of hydrogen-bond donors (Lipinski definition) is 1. The Labute approximate surface area is 137 Å². The fourth-order valence-corrected chi connectivity index (χ4v) is 2.86. The van der Waals surface area contributed by atoms with Gasteiger partial charge in [0.25, 0.3) is 5.91 Å². The fraction of sp³-hybridized carbons (Fsp3) is 0.190. The van der Waals surface area contributed by atoms with Crippen LogP contribution >= 0.6 is 0 Å². The topological polar surface area (TPSA) is 29.1 Å². The Morgan fingerprint density at radius 1 is 1.04 bits per heavy atom. The number of benzene rings is 2. The van der Waals surface area contributed by atoms with Gasteiger partial charge in [0.2, 0.25) is 0 Å². The number of amides is 1. The van der Waals surface area contributed by atoms with E-state index >= 15 is 0 Å². The number of carbonyl (C=O) groups is 1. The van der Waals surface area contributed by atoms with E-state index in [0.29, 0.717) is 0 Å². The number of carbonyl (C=O) groups excluding carboxylic acids is 1. The van der Waals surface area contributed by atoms with Crippen LogP contribution < -0.4 is 5.32 Å². The van der Waals surface area contributed by atoms with E-state index in [1.807, 2.05) is 42.5 Å². The molecule has 116 valence electrons. The predicted octanol–water partition coefficient (Wildman–Crippen LogP) is 5.30. The van der Waals surface area contributed by atoms with Crippen LogP contribution in [-0.4, -0.2) is 5.91 Å². The molecule has 2 nitrogen and oxygen atoms in total. The molecule has 1 heterocycles. The molecule has 1 amide bonds. The third-order valence-electron chi connectivity index (χ3n) is 4.07. The van der Waals surface area contributed by atoms with Crippen molar-refractivity contribution in [2.45, 2.75) is 26.2 Å². The lowest BCUT2D eigenvalue weighted by molar-refractivity contribution is -0.110. The maximum Gasteiger partial charge on any atom is 0.256 e. The summed E-state index contributed by atoms with van der Waals surface area (Å²) in [4.78, 5) is 12.4. The molecule has 0 saturated carbocycles. The molecule has 0 bridgehead atoms. The molecule has 0 fully saturated rings. The van der Waals surface area contributed by atoms with E-state index in [4.69, 9.17) is 0 Å². The Kier molecular flexibility index (Phi) is 4.72. The summed E-state index contributed by atoms with van der Waals surface area (Å²) >= 11 is 0. The van der Waals surface area contributed by atoms with Gasteiger partial charge in [-0.1, -0.05) is 74.0 Å². The van der Waals surface area contributed by atoms with Crippen molar-refractivity contribution >= 4 is 23.2 Å². The van der Waals surface area contributed by atoms with Crippen LogP contribution in [0.25, 0.3) is 11.6 Å². The number of allylic oxidation sites excluding steroid dienone is 2. The van der Waals surface area contributed by atoms with Crippen molar-refractivity contribution < 1.29 is 4.79 Å². The first-order chi connectivity index (χ1) is 11.3. The minimum Gasteiger partial charge on any atom is -0.321 e. The Morgan fingerprint density at radius 3 is 2.57 bits per heavy atom. The lowest BCUT2D eigenvalue weighted by Crippen LogP contribution is -2.05. The van der Waals surface area contributed by atoms with Gasteiger partial charge in [0.1, 0.15) is 0 Å². The lowest BCUT2D eigenvalue weighted by Gasteiger charge is -2.06. The summed E-state index contributed by atoms with van der Waals surface area (Å²) in [6, 6.07) is 18.1. The van der Waals surface area contributed by atoms with Gasteiger partial charge in [-0.2, -0.15) is 0 Å². The zero-order valence-electron chi connectivity index (χ0n) is 13.4. The summed E-state index contributed by atoms with van der Waals surface area (Å²) in [5.41, 5.74) is 5.00. The molecule has 1 aliphatic rings. The third-order valence-corrected chi connectivity index (χ3v) is 4.07. The summed E-state index contributed by atoms with van der Waals surface area (Å²) in [5, 5.41) is 2.97. The molecule has 1 N–H and O–H groups in total. The molecule has 0 spiro atoms. The third kappa shape index (κ3) is 3.42. The molecule has 23 heavy (non-hydrogen) atoms. The monoisotopic (exact) mass is 303 g/mol. The van der Waals surface area contributed by atoms with Gasteiger partial charge in [-0.15, -0.1) is 0 Å². The first-order valence-corrected chi connectivity index (χ1v) is 8.16. The van der Waals surface area contributed by atoms with Crippen LogP contribution in [0, 0.1) is 0 Å². The molecule has 0 radical (unpaired) electrons. The van der Waals surface area contributed by atoms with E-state index in [1.54, 1.807) is 0 Å². The van der Waals surface area contributed by atoms with Gasteiger partial charge in [-0.05, 0) is 30.0 Å².